The van der Waals surface area contributed by atoms with Gasteiger partial charge in [0.2, 0.25) is 17.8 Å². The molecule has 1 aliphatic heterocycles. The minimum atomic E-state index is -0.444. The van der Waals surface area contributed by atoms with Gasteiger partial charge in [0.15, 0.2) is 0 Å². The van der Waals surface area contributed by atoms with Crippen LogP contribution in [-0.4, -0.2) is 45.6 Å². The van der Waals surface area contributed by atoms with Gasteiger partial charge >= 0.3 is 0 Å². The molecule has 2 N–H and O–H groups in total. The van der Waals surface area contributed by atoms with Gasteiger partial charge in [0.25, 0.3) is 0 Å². The highest BCUT2D eigenvalue weighted by atomic mass is 16.5. The van der Waals surface area contributed by atoms with Crippen LogP contribution < -0.4 is 10.1 Å². The number of hydrogen-bond donors (Lipinski definition) is 2. The van der Waals surface area contributed by atoms with E-state index in [4.69, 9.17) is 9.15 Å². The van der Waals surface area contributed by atoms with E-state index in [2.05, 4.69) is 20.5 Å². The first kappa shape index (κ1) is 18.7. The lowest BCUT2D eigenvalue weighted by atomic mass is 10.1. The minimum absolute atomic E-state index is 0.0725. The number of anilines is 1. The van der Waals surface area contributed by atoms with Crippen LogP contribution in [-0.2, 0) is 22.6 Å². The van der Waals surface area contributed by atoms with Crippen molar-refractivity contribution in [3.8, 4) is 5.75 Å². The summed E-state index contributed by atoms with van der Waals surface area (Å²) in [6.07, 6.45) is 2.27. The van der Waals surface area contributed by atoms with E-state index >= 15 is 0 Å². The minimum Gasteiger partial charge on any atom is -0.497 e. The summed E-state index contributed by atoms with van der Waals surface area (Å²) in [6.45, 7) is 0.705. The Hall–Kier alpha value is -3.62. The second kappa shape index (κ2) is 8.17. The zero-order chi connectivity index (χ0) is 20.2. The summed E-state index contributed by atoms with van der Waals surface area (Å²) in [5.41, 5.74) is 1.04. The van der Waals surface area contributed by atoms with Crippen LogP contribution in [0.2, 0.25) is 0 Å². The molecular formula is C20H21N5O4. The molecule has 0 aliphatic carbocycles. The van der Waals surface area contributed by atoms with Crippen molar-refractivity contribution in [1.82, 2.24) is 20.1 Å². The molecule has 4 rings (SSSR count). The predicted molar refractivity (Wildman–Crippen MR) is 103 cm³/mol. The van der Waals surface area contributed by atoms with Gasteiger partial charge in [-0.1, -0.05) is 12.1 Å². The van der Waals surface area contributed by atoms with E-state index in [1.165, 1.54) is 0 Å². The number of aromatic nitrogens is 3. The molecule has 0 radical (unpaired) electrons. The number of nitrogens with zero attached hydrogens (tertiary/aromatic N) is 3. The fraction of sp³-hybridized carbons (Fsp3) is 0.300. The Morgan fingerprint density at radius 1 is 1.34 bits per heavy atom. The van der Waals surface area contributed by atoms with Crippen LogP contribution in [0.25, 0.3) is 0 Å². The molecule has 9 heteroatoms. The van der Waals surface area contributed by atoms with Gasteiger partial charge in [-0.3, -0.25) is 20.0 Å². The first-order valence-corrected chi connectivity index (χ1v) is 9.26. The molecule has 1 aliphatic rings. The van der Waals surface area contributed by atoms with Crippen LogP contribution in [0, 0.1) is 5.92 Å². The van der Waals surface area contributed by atoms with Gasteiger partial charge in [-0.2, -0.15) is 4.98 Å². The maximum Gasteiger partial charge on any atom is 0.248 e. The third kappa shape index (κ3) is 4.45. The van der Waals surface area contributed by atoms with E-state index in [9.17, 15) is 9.59 Å². The van der Waals surface area contributed by atoms with Gasteiger partial charge in [0, 0.05) is 19.4 Å². The number of nitrogens with one attached hydrogen (secondary N) is 2. The van der Waals surface area contributed by atoms with Crippen molar-refractivity contribution >= 4 is 17.8 Å². The van der Waals surface area contributed by atoms with Gasteiger partial charge in [0.05, 0.1) is 25.8 Å². The maximum absolute atomic E-state index is 12.5. The van der Waals surface area contributed by atoms with Crippen molar-refractivity contribution in [2.45, 2.75) is 19.4 Å². The molecule has 3 aromatic rings. The molecule has 2 aromatic heterocycles. The molecule has 1 atom stereocenters. The van der Waals surface area contributed by atoms with Crippen molar-refractivity contribution in [3.63, 3.8) is 0 Å². The summed E-state index contributed by atoms with van der Waals surface area (Å²) in [6, 6.07) is 11.2. The molecule has 1 fully saturated rings. The van der Waals surface area contributed by atoms with E-state index in [0.717, 1.165) is 11.3 Å². The predicted octanol–water partition coefficient (Wildman–Crippen LogP) is 1.98. The largest absolute Gasteiger partial charge is 0.497 e. The molecular weight excluding hydrogens is 374 g/mol. The smallest absolute Gasteiger partial charge is 0.248 e. The van der Waals surface area contributed by atoms with E-state index < -0.39 is 5.92 Å². The summed E-state index contributed by atoms with van der Waals surface area (Å²) in [4.78, 5) is 30.6. The fourth-order valence-electron chi connectivity index (χ4n) is 3.27. The molecule has 29 heavy (non-hydrogen) atoms. The van der Waals surface area contributed by atoms with Gasteiger partial charge in [-0.15, -0.1) is 5.10 Å². The molecule has 9 nitrogen and oxygen atoms in total. The lowest BCUT2D eigenvalue weighted by Gasteiger charge is -2.14. The molecule has 2 amide bonds. The highest BCUT2D eigenvalue weighted by Gasteiger charge is 2.35. The van der Waals surface area contributed by atoms with E-state index in [0.29, 0.717) is 31.1 Å². The van der Waals surface area contributed by atoms with Crippen molar-refractivity contribution in [1.29, 1.82) is 0 Å². The number of hydrogen-bond acceptors (Lipinski definition) is 6. The monoisotopic (exact) mass is 395 g/mol. The second-order valence-corrected chi connectivity index (χ2v) is 6.87. The number of furan rings is 1. The number of likely N-dealkylation sites (tertiary alicyclic amines) is 1. The Bertz CT molecular complexity index is 981. The number of aromatic amines is 1. The molecule has 150 valence electrons. The van der Waals surface area contributed by atoms with Crippen LogP contribution in [0.1, 0.15) is 23.6 Å². The quantitative estimate of drug-likeness (QED) is 0.632. The zero-order valence-corrected chi connectivity index (χ0v) is 15.9. The first-order chi connectivity index (χ1) is 14.1. The standard InChI is InChI=1S/C20H21N5O4/c1-28-15-6-4-13(5-7-15)9-17-21-20(24-23-17)22-19(27)14-10-18(26)25(11-14)12-16-3-2-8-29-16/h2-8,14H,9-12H2,1H3,(H2,21,22,23,24,27)/t14-/m0/s1. The normalized spacial score (nSPS) is 16.2. The Morgan fingerprint density at radius 3 is 2.90 bits per heavy atom. The Balaban J connectivity index is 1.32. The van der Waals surface area contributed by atoms with Crippen molar-refractivity contribution < 1.29 is 18.7 Å². The van der Waals surface area contributed by atoms with Crippen LogP contribution in [0.4, 0.5) is 5.95 Å². The maximum atomic E-state index is 12.5. The number of benzene rings is 1. The van der Waals surface area contributed by atoms with Crippen molar-refractivity contribution in [2.24, 2.45) is 5.92 Å². The van der Waals surface area contributed by atoms with Gasteiger partial charge in [-0.25, -0.2) is 0 Å². The molecule has 3 heterocycles. The molecule has 0 bridgehead atoms. The summed E-state index contributed by atoms with van der Waals surface area (Å²) >= 11 is 0. The average Bonchev–Trinajstić information content (AvgIpc) is 3.46. The zero-order valence-electron chi connectivity index (χ0n) is 15.9. The highest BCUT2D eigenvalue weighted by Crippen LogP contribution is 2.21. The van der Waals surface area contributed by atoms with Crippen LogP contribution >= 0.6 is 0 Å². The second-order valence-electron chi connectivity index (χ2n) is 6.87. The lowest BCUT2D eigenvalue weighted by molar-refractivity contribution is -0.128. The van der Waals surface area contributed by atoms with Crippen molar-refractivity contribution in [2.75, 3.05) is 19.0 Å². The van der Waals surface area contributed by atoms with E-state index in [1.54, 1.807) is 30.4 Å². The van der Waals surface area contributed by atoms with Gasteiger partial charge in [-0.05, 0) is 29.8 Å². The fourth-order valence-corrected chi connectivity index (χ4v) is 3.27. The molecule has 1 saturated heterocycles. The lowest BCUT2D eigenvalue weighted by Crippen LogP contribution is -2.28. The molecule has 0 saturated carbocycles. The number of H-pyrrole nitrogens is 1. The Morgan fingerprint density at radius 2 is 2.17 bits per heavy atom. The van der Waals surface area contributed by atoms with E-state index in [1.807, 2.05) is 24.3 Å². The Labute approximate surface area is 167 Å². The number of ether oxygens (including phenoxy) is 1. The summed E-state index contributed by atoms with van der Waals surface area (Å²) in [7, 11) is 1.62. The number of amides is 2. The van der Waals surface area contributed by atoms with Crippen molar-refractivity contribution in [3.05, 3.63) is 59.8 Å². The molecule has 1 aromatic carbocycles. The highest BCUT2D eigenvalue weighted by molar-refractivity contribution is 5.96. The SMILES string of the molecule is COc1ccc(Cc2nc(NC(=O)[C@H]3CC(=O)N(Cc4ccco4)C3)n[nH]2)cc1. The number of carbonyl (C=O) groups excluding carboxylic acids is 2. The van der Waals surface area contributed by atoms with Crippen LogP contribution in [0.3, 0.4) is 0 Å². The van der Waals surface area contributed by atoms with Gasteiger partial charge < -0.3 is 14.1 Å². The summed E-state index contributed by atoms with van der Waals surface area (Å²) in [5, 5.41) is 9.57. The third-order valence-corrected chi connectivity index (χ3v) is 4.81. The Kier molecular flexibility index (Phi) is 5.28. The van der Waals surface area contributed by atoms with Crippen LogP contribution in [0.5, 0.6) is 5.75 Å². The number of rotatable bonds is 7. The first-order valence-electron chi connectivity index (χ1n) is 9.26. The summed E-state index contributed by atoms with van der Waals surface area (Å²) in [5.74, 6) is 1.53. The van der Waals surface area contributed by atoms with E-state index in [-0.39, 0.29) is 24.2 Å². The van der Waals surface area contributed by atoms with Crippen LogP contribution in [0.15, 0.2) is 47.1 Å². The topological polar surface area (TPSA) is 113 Å². The van der Waals surface area contributed by atoms with Gasteiger partial charge in [0.1, 0.15) is 17.3 Å². The molecule has 0 spiro atoms. The average molecular weight is 395 g/mol. The summed E-state index contributed by atoms with van der Waals surface area (Å²) < 4.78 is 10.4. The third-order valence-electron chi connectivity index (χ3n) is 4.81. The number of methoxy groups -OCH3 is 1. The number of carbonyl (C=O) groups is 2. The molecule has 0 unspecified atom stereocenters.